The largest absolute Gasteiger partial charge is 0.359 e. The highest BCUT2D eigenvalue weighted by atomic mass is 16.1. The van der Waals surface area contributed by atoms with Gasteiger partial charge in [-0.15, -0.1) is 0 Å². The monoisotopic (exact) mass is 156 g/mol. The quantitative estimate of drug-likeness (QED) is 0.346. The molecule has 0 aromatic heterocycles. The molecule has 0 aromatic rings. The van der Waals surface area contributed by atoms with Gasteiger partial charge < -0.3 is 10.3 Å². The van der Waals surface area contributed by atoms with Gasteiger partial charge in [-0.05, 0) is 18.8 Å². The summed E-state index contributed by atoms with van der Waals surface area (Å²) in [4.78, 5) is 13.8. The van der Waals surface area contributed by atoms with Crippen molar-refractivity contribution in [3.05, 3.63) is 0 Å². The second kappa shape index (κ2) is 7.25. The number of carbonyl (C=O) groups is 1. The minimum Gasteiger partial charge on any atom is -0.359 e. The van der Waals surface area contributed by atoms with Gasteiger partial charge in [0, 0.05) is 19.8 Å². The molecule has 0 rings (SSSR count). The number of rotatable bonds is 6. The average molecular weight is 156 g/mol. The zero-order valence-corrected chi connectivity index (χ0v) is 7.21. The van der Waals surface area contributed by atoms with E-state index in [2.05, 4.69) is 17.2 Å². The molecule has 3 heteroatoms. The number of nitrogens with one attached hydrogen (secondary N) is 1. The molecule has 0 aromatic carbocycles. The van der Waals surface area contributed by atoms with Crippen LogP contribution >= 0.6 is 0 Å². The summed E-state index contributed by atoms with van der Waals surface area (Å²) in [7, 11) is 1.78. The van der Waals surface area contributed by atoms with Crippen molar-refractivity contribution in [1.82, 2.24) is 5.32 Å². The van der Waals surface area contributed by atoms with Crippen molar-refractivity contribution >= 4 is 12.6 Å². The van der Waals surface area contributed by atoms with E-state index in [-0.39, 0.29) is 0 Å². The van der Waals surface area contributed by atoms with Crippen LogP contribution in [0.25, 0.3) is 0 Å². The minimum atomic E-state index is 0.522. The third-order valence-electron chi connectivity index (χ3n) is 1.47. The highest BCUT2D eigenvalue weighted by molar-refractivity contribution is 5.59. The first-order valence-electron chi connectivity index (χ1n) is 3.90. The van der Waals surface area contributed by atoms with Crippen molar-refractivity contribution in [2.45, 2.75) is 19.8 Å². The predicted molar refractivity (Wildman–Crippen MR) is 46.9 cm³/mol. The summed E-state index contributed by atoms with van der Waals surface area (Å²) >= 11 is 0. The Morgan fingerprint density at radius 2 is 2.36 bits per heavy atom. The lowest BCUT2D eigenvalue weighted by atomic mass is 10.1. The van der Waals surface area contributed by atoms with Crippen LogP contribution in [0.2, 0.25) is 0 Å². The summed E-state index contributed by atoms with van der Waals surface area (Å²) in [5.74, 6) is 0.522. The van der Waals surface area contributed by atoms with Crippen LogP contribution in [0.5, 0.6) is 0 Å². The molecule has 0 aliphatic heterocycles. The SMILES string of the molecule is C/N=C\C(C)CCCNC=O. The van der Waals surface area contributed by atoms with Crippen molar-refractivity contribution < 1.29 is 4.79 Å². The molecule has 64 valence electrons. The Hall–Kier alpha value is -0.860. The van der Waals surface area contributed by atoms with Crippen molar-refractivity contribution in [1.29, 1.82) is 0 Å². The van der Waals surface area contributed by atoms with Crippen LogP contribution in [-0.2, 0) is 4.79 Å². The van der Waals surface area contributed by atoms with Crippen LogP contribution in [0.3, 0.4) is 0 Å². The molecule has 0 radical (unpaired) electrons. The van der Waals surface area contributed by atoms with Gasteiger partial charge in [-0.25, -0.2) is 0 Å². The fourth-order valence-corrected chi connectivity index (χ4v) is 0.914. The number of hydrogen-bond donors (Lipinski definition) is 1. The number of carbonyl (C=O) groups excluding carboxylic acids is 1. The zero-order valence-electron chi connectivity index (χ0n) is 7.21. The zero-order chi connectivity index (χ0) is 8.53. The smallest absolute Gasteiger partial charge is 0.207 e. The molecule has 0 heterocycles. The van der Waals surface area contributed by atoms with Crippen molar-refractivity contribution in [2.24, 2.45) is 10.9 Å². The maximum atomic E-state index is 9.84. The molecule has 1 atom stereocenters. The fourth-order valence-electron chi connectivity index (χ4n) is 0.914. The van der Waals surface area contributed by atoms with Gasteiger partial charge in [0.1, 0.15) is 0 Å². The normalized spacial score (nSPS) is 13.3. The molecule has 1 unspecified atom stereocenters. The van der Waals surface area contributed by atoms with Gasteiger partial charge in [-0.2, -0.15) is 0 Å². The number of hydrogen-bond acceptors (Lipinski definition) is 2. The first kappa shape index (κ1) is 10.1. The number of aliphatic imine (C=N–C) groups is 1. The Kier molecular flexibility index (Phi) is 6.68. The van der Waals surface area contributed by atoms with Gasteiger partial charge in [0.2, 0.25) is 6.41 Å². The molecular formula is C8H16N2O. The Balaban J connectivity index is 3.16. The molecule has 1 amide bonds. The van der Waals surface area contributed by atoms with Crippen LogP contribution in [0.4, 0.5) is 0 Å². The molecule has 0 saturated carbocycles. The highest BCUT2D eigenvalue weighted by Crippen LogP contribution is 2.00. The second-order valence-electron chi connectivity index (χ2n) is 2.60. The van der Waals surface area contributed by atoms with Crippen molar-refractivity contribution in [3.63, 3.8) is 0 Å². The highest BCUT2D eigenvalue weighted by Gasteiger charge is 1.95. The van der Waals surface area contributed by atoms with E-state index in [9.17, 15) is 4.79 Å². The van der Waals surface area contributed by atoms with E-state index >= 15 is 0 Å². The van der Waals surface area contributed by atoms with Crippen LogP contribution in [0, 0.1) is 5.92 Å². The molecule has 3 nitrogen and oxygen atoms in total. The molecular weight excluding hydrogens is 140 g/mol. The van der Waals surface area contributed by atoms with Gasteiger partial charge in [0.15, 0.2) is 0 Å². The molecule has 1 N–H and O–H groups in total. The van der Waals surface area contributed by atoms with E-state index < -0.39 is 0 Å². The summed E-state index contributed by atoms with van der Waals surface area (Å²) in [5.41, 5.74) is 0. The van der Waals surface area contributed by atoms with Crippen LogP contribution < -0.4 is 5.32 Å². The van der Waals surface area contributed by atoms with Gasteiger partial charge in [0.05, 0.1) is 0 Å². The first-order chi connectivity index (χ1) is 5.31. The molecule has 0 fully saturated rings. The predicted octanol–water partition coefficient (Wildman–Crippen LogP) is 0.849. The Morgan fingerprint density at radius 1 is 1.64 bits per heavy atom. The summed E-state index contributed by atoms with van der Waals surface area (Å²) in [6, 6.07) is 0. The summed E-state index contributed by atoms with van der Waals surface area (Å²) in [6.07, 6.45) is 4.77. The van der Waals surface area contributed by atoms with Gasteiger partial charge >= 0.3 is 0 Å². The summed E-state index contributed by atoms with van der Waals surface area (Å²) < 4.78 is 0. The maximum absolute atomic E-state index is 9.84. The fraction of sp³-hybridized carbons (Fsp3) is 0.750. The van der Waals surface area contributed by atoms with Crippen molar-refractivity contribution in [2.75, 3.05) is 13.6 Å². The Bertz CT molecular complexity index is 123. The molecule has 0 aliphatic carbocycles. The lowest BCUT2D eigenvalue weighted by Gasteiger charge is -2.03. The molecule has 0 bridgehead atoms. The topological polar surface area (TPSA) is 41.5 Å². The molecule has 0 saturated heterocycles. The Morgan fingerprint density at radius 3 is 2.91 bits per heavy atom. The van der Waals surface area contributed by atoms with Crippen LogP contribution in [-0.4, -0.2) is 26.2 Å². The number of nitrogens with zero attached hydrogens (tertiary/aromatic N) is 1. The van der Waals surface area contributed by atoms with E-state index in [1.165, 1.54) is 0 Å². The Labute approximate surface area is 67.9 Å². The maximum Gasteiger partial charge on any atom is 0.207 e. The first-order valence-corrected chi connectivity index (χ1v) is 3.90. The van der Waals surface area contributed by atoms with Crippen molar-refractivity contribution in [3.8, 4) is 0 Å². The summed E-state index contributed by atoms with van der Waals surface area (Å²) in [5, 5.41) is 2.62. The van der Waals surface area contributed by atoms with E-state index in [1.807, 2.05) is 6.21 Å². The van der Waals surface area contributed by atoms with Gasteiger partial charge in [-0.3, -0.25) is 4.79 Å². The lowest BCUT2D eigenvalue weighted by Crippen LogP contribution is -2.13. The molecule has 0 spiro atoms. The minimum absolute atomic E-state index is 0.522. The van der Waals surface area contributed by atoms with E-state index in [0.29, 0.717) is 5.92 Å². The third kappa shape index (κ3) is 7.03. The summed E-state index contributed by atoms with van der Waals surface area (Å²) in [6.45, 7) is 2.89. The van der Waals surface area contributed by atoms with E-state index in [4.69, 9.17) is 0 Å². The lowest BCUT2D eigenvalue weighted by molar-refractivity contribution is -0.109. The van der Waals surface area contributed by atoms with Crippen LogP contribution in [0.1, 0.15) is 19.8 Å². The number of amides is 1. The average Bonchev–Trinajstić information content (AvgIpc) is 1.99. The second-order valence-corrected chi connectivity index (χ2v) is 2.60. The third-order valence-corrected chi connectivity index (χ3v) is 1.47. The van der Waals surface area contributed by atoms with Crippen LogP contribution in [0.15, 0.2) is 4.99 Å². The molecule has 0 aliphatic rings. The molecule has 11 heavy (non-hydrogen) atoms. The van der Waals surface area contributed by atoms with E-state index in [1.54, 1.807) is 7.05 Å². The van der Waals surface area contributed by atoms with E-state index in [0.717, 1.165) is 25.8 Å². The standard InChI is InChI=1S/C8H16N2O/c1-8(6-9-2)4-3-5-10-7-11/h6-8H,3-5H2,1-2H3,(H,10,11)/b9-6-. The van der Waals surface area contributed by atoms with Gasteiger partial charge in [-0.1, -0.05) is 6.92 Å². The van der Waals surface area contributed by atoms with Gasteiger partial charge in [0.25, 0.3) is 0 Å².